The number of halogens is 1. The summed E-state index contributed by atoms with van der Waals surface area (Å²) in [5.41, 5.74) is -0.258. The van der Waals surface area contributed by atoms with Crippen molar-refractivity contribution in [1.29, 1.82) is 0 Å². The van der Waals surface area contributed by atoms with Crippen LogP contribution in [0.5, 0.6) is 0 Å². The summed E-state index contributed by atoms with van der Waals surface area (Å²) in [5.74, 6) is -0.135. The van der Waals surface area contributed by atoms with Gasteiger partial charge in [-0.3, -0.25) is 4.79 Å². The van der Waals surface area contributed by atoms with Gasteiger partial charge in [-0.15, -0.1) is 16.7 Å². The fourth-order valence-electron chi connectivity index (χ4n) is 1.65. The van der Waals surface area contributed by atoms with Gasteiger partial charge in [0.25, 0.3) is 5.91 Å². The van der Waals surface area contributed by atoms with E-state index in [1.807, 2.05) is 20.8 Å². The Hall–Kier alpha value is -1.96. The molecule has 0 radical (unpaired) electrons. The van der Waals surface area contributed by atoms with E-state index >= 15 is 0 Å². The van der Waals surface area contributed by atoms with Crippen LogP contribution in [0.2, 0.25) is 0 Å². The number of carbonyl (C=O) groups is 1. The van der Waals surface area contributed by atoms with Crippen LogP contribution in [-0.2, 0) is 6.54 Å². The van der Waals surface area contributed by atoms with Crippen LogP contribution in [-0.4, -0.2) is 42.7 Å². The highest BCUT2D eigenvalue weighted by molar-refractivity contribution is 6.17. The minimum absolute atomic E-state index is 0.0516. The molecule has 2 aromatic heterocycles. The normalized spacial score (nSPS) is 11.8. The second kappa shape index (κ2) is 5.80. The van der Waals surface area contributed by atoms with Crippen LogP contribution in [0.3, 0.4) is 0 Å². The first-order valence-electron chi connectivity index (χ1n) is 6.48. The van der Waals surface area contributed by atoms with Crippen LogP contribution >= 0.6 is 11.6 Å². The third-order valence-electron chi connectivity index (χ3n) is 2.71. The number of nitrogens with one attached hydrogen (secondary N) is 1. The summed E-state index contributed by atoms with van der Waals surface area (Å²) in [6, 6.07) is 0. The molecule has 0 aliphatic carbocycles. The van der Waals surface area contributed by atoms with Crippen molar-refractivity contribution in [2.45, 2.75) is 27.3 Å². The van der Waals surface area contributed by atoms with E-state index < -0.39 is 5.69 Å². The van der Waals surface area contributed by atoms with Crippen LogP contribution in [0.4, 0.5) is 0 Å². The third-order valence-corrected chi connectivity index (χ3v) is 2.88. The highest BCUT2D eigenvalue weighted by atomic mass is 35.5. The zero-order chi connectivity index (χ0) is 15.6. The number of amides is 1. The predicted octanol–water partition coefficient (Wildman–Crippen LogP) is 0.301. The Bertz CT molecular complexity index is 715. The molecule has 0 atom stereocenters. The van der Waals surface area contributed by atoms with Crippen LogP contribution in [0.1, 0.15) is 31.3 Å². The van der Waals surface area contributed by atoms with Gasteiger partial charge < -0.3 is 5.32 Å². The maximum atomic E-state index is 12.1. The second-order valence-corrected chi connectivity index (χ2v) is 6.19. The number of alkyl halides is 1. The number of aryl methyl sites for hydroxylation is 1. The van der Waals surface area contributed by atoms with Gasteiger partial charge >= 0.3 is 5.69 Å². The summed E-state index contributed by atoms with van der Waals surface area (Å²) in [6.07, 6.45) is 1.27. The molecule has 2 rings (SSSR count). The quantitative estimate of drug-likeness (QED) is 0.819. The minimum atomic E-state index is -0.428. The molecule has 114 valence electrons. The van der Waals surface area contributed by atoms with Crippen molar-refractivity contribution in [3.63, 3.8) is 0 Å². The number of imidazole rings is 1. The van der Waals surface area contributed by atoms with Gasteiger partial charge in [-0.2, -0.15) is 4.68 Å². The molecule has 2 heterocycles. The zero-order valence-electron chi connectivity index (χ0n) is 12.1. The number of nitrogens with zero attached hydrogens (tertiary/aromatic N) is 5. The van der Waals surface area contributed by atoms with Gasteiger partial charge in [0.15, 0.2) is 11.3 Å². The lowest BCUT2D eigenvalue weighted by Crippen LogP contribution is -2.33. The first-order valence-corrected chi connectivity index (χ1v) is 7.02. The zero-order valence-corrected chi connectivity index (χ0v) is 12.9. The van der Waals surface area contributed by atoms with E-state index in [0.717, 1.165) is 4.68 Å². The Labute approximate surface area is 126 Å². The van der Waals surface area contributed by atoms with Crippen LogP contribution in [0, 0.1) is 5.41 Å². The van der Waals surface area contributed by atoms with Crippen molar-refractivity contribution in [2.75, 3.05) is 12.4 Å². The van der Waals surface area contributed by atoms with Crippen LogP contribution < -0.4 is 11.0 Å². The number of fused-ring (bicyclic) bond motifs is 1. The smallest absolute Gasteiger partial charge is 0.350 e. The summed E-state index contributed by atoms with van der Waals surface area (Å²) in [7, 11) is 0. The van der Waals surface area contributed by atoms with Gasteiger partial charge in [-0.25, -0.2) is 14.2 Å². The SMILES string of the molecule is CC(C)(C)CNC(=O)c1ncn2c(=O)n(CCCl)nnc12. The monoisotopic (exact) mass is 312 g/mol. The Morgan fingerprint density at radius 3 is 2.76 bits per heavy atom. The summed E-state index contributed by atoms with van der Waals surface area (Å²) in [4.78, 5) is 28.1. The van der Waals surface area contributed by atoms with Crippen molar-refractivity contribution in [3.05, 3.63) is 22.5 Å². The number of carbonyl (C=O) groups excluding carboxylic acids is 1. The summed E-state index contributed by atoms with van der Waals surface area (Å²) < 4.78 is 2.31. The van der Waals surface area contributed by atoms with Crippen molar-refractivity contribution in [2.24, 2.45) is 5.41 Å². The largest absolute Gasteiger partial charge is 0.353 e. The Balaban J connectivity index is 2.32. The Morgan fingerprint density at radius 1 is 1.43 bits per heavy atom. The molecule has 0 saturated heterocycles. The van der Waals surface area contributed by atoms with Gasteiger partial charge in [-0.05, 0) is 5.41 Å². The molecule has 2 aromatic rings. The van der Waals surface area contributed by atoms with E-state index in [9.17, 15) is 9.59 Å². The average Bonchev–Trinajstić information content (AvgIpc) is 2.83. The average molecular weight is 313 g/mol. The summed E-state index contributed by atoms with van der Waals surface area (Å²) >= 11 is 5.58. The predicted molar refractivity (Wildman–Crippen MR) is 77.6 cm³/mol. The van der Waals surface area contributed by atoms with E-state index in [-0.39, 0.29) is 35.1 Å². The maximum Gasteiger partial charge on any atom is 0.353 e. The first-order chi connectivity index (χ1) is 9.83. The van der Waals surface area contributed by atoms with Crippen molar-refractivity contribution >= 4 is 23.2 Å². The van der Waals surface area contributed by atoms with E-state index in [2.05, 4.69) is 20.6 Å². The number of aromatic nitrogens is 5. The lowest BCUT2D eigenvalue weighted by atomic mass is 9.97. The topological polar surface area (TPSA) is 94.2 Å². The van der Waals surface area contributed by atoms with Crippen molar-refractivity contribution < 1.29 is 4.79 Å². The number of hydrogen-bond donors (Lipinski definition) is 1. The van der Waals surface area contributed by atoms with Gasteiger partial charge in [0.05, 0.1) is 6.54 Å². The van der Waals surface area contributed by atoms with E-state index in [4.69, 9.17) is 11.6 Å². The lowest BCUT2D eigenvalue weighted by Gasteiger charge is -2.18. The molecule has 0 unspecified atom stereocenters. The van der Waals surface area contributed by atoms with Gasteiger partial charge in [0, 0.05) is 12.4 Å². The molecule has 0 aromatic carbocycles. The van der Waals surface area contributed by atoms with Gasteiger partial charge in [-0.1, -0.05) is 26.0 Å². The minimum Gasteiger partial charge on any atom is -0.350 e. The maximum absolute atomic E-state index is 12.1. The lowest BCUT2D eigenvalue weighted by molar-refractivity contribution is 0.0936. The highest BCUT2D eigenvalue weighted by Gasteiger charge is 2.19. The van der Waals surface area contributed by atoms with Crippen LogP contribution in [0.25, 0.3) is 5.65 Å². The fourth-order valence-corrected chi connectivity index (χ4v) is 1.81. The van der Waals surface area contributed by atoms with Gasteiger partial charge in [0.2, 0.25) is 0 Å². The molecule has 0 aliphatic rings. The summed E-state index contributed by atoms with van der Waals surface area (Å²) in [5, 5.41) is 10.4. The van der Waals surface area contributed by atoms with E-state index in [0.29, 0.717) is 6.54 Å². The molecule has 0 spiro atoms. The highest BCUT2D eigenvalue weighted by Crippen LogP contribution is 2.11. The Kier molecular flexibility index (Phi) is 4.26. The number of rotatable bonds is 4. The Morgan fingerprint density at radius 2 is 2.14 bits per heavy atom. The molecule has 0 bridgehead atoms. The fraction of sp³-hybridized carbons (Fsp3) is 0.583. The van der Waals surface area contributed by atoms with Gasteiger partial charge in [0.1, 0.15) is 6.33 Å². The molecule has 0 saturated carbocycles. The van der Waals surface area contributed by atoms with Crippen molar-refractivity contribution in [3.8, 4) is 0 Å². The number of hydrogen-bond acceptors (Lipinski definition) is 5. The van der Waals surface area contributed by atoms with Crippen LogP contribution in [0.15, 0.2) is 11.1 Å². The molecule has 9 heteroatoms. The molecule has 21 heavy (non-hydrogen) atoms. The molecular weight excluding hydrogens is 296 g/mol. The molecule has 0 aliphatic heterocycles. The second-order valence-electron chi connectivity index (χ2n) is 5.81. The summed E-state index contributed by atoms with van der Waals surface area (Å²) in [6.45, 7) is 6.74. The van der Waals surface area contributed by atoms with Crippen molar-refractivity contribution in [1.82, 2.24) is 29.7 Å². The third kappa shape index (κ3) is 3.38. The molecule has 0 fully saturated rings. The molecule has 1 amide bonds. The van der Waals surface area contributed by atoms with E-state index in [1.54, 1.807) is 0 Å². The molecule has 8 nitrogen and oxygen atoms in total. The standard InChI is InChI=1S/C12H17ClN6O2/c1-12(2,3)6-14-10(20)8-9-16-17-19(5-4-13)11(21)18(9)7-15-8/h7H,4-6H2,1-3H3,(H,14,20). The first kappa shape index (κ1) is 15.4. The van der Waals surface area contributed by atoms with E-state index in [1.165, 1.54) is 10.7 Å². The molecular formula is C12H17ClN6O2. The molecule has 1 N–H and O–H groups in total.